The van der Waals surface area contributed by atoms with E-state index in [1.54, 1.807) is 24.3 Å². The zero-order chi connectivity index (χ0) is 27.9. The highest BCUT2D eigenvalue weighted by molar-refractivity contribution is 6.26. The predicted octanol–water partition coefficient (Wildman–Crippen LogP) is 11.2. The smallest absolute Gasteiger partial charge is 0.136 e. The highest BCUT2D eigenvalue weighted by Crippen LogP contribution is 2.58. The number of ether oxygens (including phenoxy) is 2. The summed E-state index contributed by atoms with van der Waals surface area (Å²) in [6, 6.07) is 37.8. The second-order valence-corrected chi connectivity index (χ2v) is 10.7. The van der Waals surface area contributed by atoms with E-state index in [0.29, 0.717) is 0 Å². The lowest BCUT2D eigenvalue weighted by atomic mass is 9.82. The quantitative estimate of drug-likeness (QED) is 0.201. The van der Waals surface area contributed by atoms with Crippen LogP contribution in [0.4, 0.5) is 8.78 Å². The molecule has 2 aliphatic heterocycles. The van der Waals surface area contributed by atoms with Crippen molar-refractivity contribution in [1.82, 2.24) is 0 Å². The first-order valence-corrected chi connectivity index (χ1v) is 13.8. The third-order valence-corrected chi connectivity index (χ3v) is 8.39. The van der Waals surface area contributed by atoms with Gasteiger partial charge in [0.2, 0.25) is 0 Å². The maximum Gasteiger partial charge on any atom is 0.136 e. The summed E-state index contributed by atoms with van der Waals surface area (Å²) in [7, 11) is 0. The van der Waals surface area contributed by atoms with Gasteiger partial charge < -0.3 is 9.47 Å². The van der Waals surface area contributed by atoms with Crippen LogP contribution >= 0.6 is 0 Å². The third-order valence-electron chi connectivity index (χ3n) is 8.39. The molecule has 0 spiro atoms. The van der Waals surface area contributed by atoms with Crippen LogP contribution in [0.15, 0.2) is 121 Å². The maximum absolute atomic E-state index is 13.7. The molecule has 0 radical (unpaired) electrons. The minimum absolute atomic E-state index is 0.262. The molecule has 0 unspecified atom stereocenters. The number of rotatable bonds is 2. The summed E-state index contributed by atoms with van der Waals surface area (Å²) in [5.74, 6) is 2.58. The minimum atomic E-state index is -0.262. The van der Waals surface area contributed by atoms with Gasteiger partial charge in [0.1, 0.15) is 34.6 Å². The zero-order valence-corrected chi connectivity index (χ0v) is 22.1. The first-order chi connectivity index (χ1) is 20.6. The first kappa shape index (κ1) is 23.2. The zero-order valence-electron chi connectivity index (χ0n) is 22.1. The summed E-state index contributed by atoms with van der Waals surface area (Å²) in [4.78, 5) is 0. The van der Waals surface area contributed by atoms with Crippen molar-refractivity contribution in [2.75, 3.05) is 0 Å². The summed E-state index contributed by atoms with van der Waals surface area (Å²) < 4.78 is 40.4. The van der Waals surface area contributed by atoms with E-state index in [0.717, 1.165) is 89.1 Å². The van der Waals surface area contributed by atoms with Crippen molar-refractivity contribution >= 4 is 21.5 Å². The van der Waals surface area contributed by atoms with Gasteiger partial charge in [-0.25, -0.2) is 8.78 Å². The Morgan fingerprint density at radius 3 is 1.19 bits per heavy atom. The van der Waals surface area contributed by atoms with E-state index in [9.17, 15) is 8.78 Å². The standard InChI is InChI=1S/C38H20F2O2/c39-25-11-5-21(6-12-25)23-9-15-31-29(19-23)35-27-3-1-2-4-28(27)36-30-20-24(22-7-13-26(40)14-8-22)10-16-32(30)42-34-18-17-33(41-31)37(35)38(34)36/h1-20H. The molecule has 42 heavy (non-hydrogen) atoms. The molecule has 0 saturated heterocycles. The topological polar surface area (TPSA) is 18.5 Å². The molecule has 4 heteroatoms. The molecule has 7 aromatic carbocycles. The molecule has 2 aliphatic rings. The summed E-state index contributed by atoms with van der Waals surface area (Å²) in [6.07, 6.45) is 0. The average molecular weight is 547 g/mol. The molecule has 0 saturated carbocycles. The first-order valence-electron chi connectivity index (χ1n) is 13.8. The molecule has 2 heterocycles. The van der Waals surface area contributed by atoms with Crippen LogP contribution in [0.1, 0.15) is 0 Å². The monoisotopic (exact) mass is 546 g/mol. The highest BCUT2D eigenvalue weighted by atomic mass is 19.1. The van der Waals surface area contributed by atoms with Crippen molar-refractivity contribution in [1.29, 1.82) is 0 Å². The number of fused-ring (bicyclic) bond motifs is 7. The molecule has 0 amide bonds. The van der Waals surface area contributed by atoms with Gasteiger partial charge in [0.05, 0.1) is 0 Å². The van der Waals surface area contributed by atoms with E-state index in [4.69, 9.17) is 9.47 Å². The van der Waals surface area contributed by atoms with Crippen LogP contribution < -0.4 is 9.47 Å². The number of hydrogen-bond acceptors (Lipinski definition) is 2. The lowest BCUT2D eigenvalue weighted by Crippen LogP contribution is -2.04. The van der Waals surface area contributed by atoms with Gasteiger partial charge in [-0.15, -0.1) is 0 Å². The largest absolute Gasteiger partial charge is 0.456 e. The van der Waals surface area contributed by atoms with Crippen LogP contribution in [0.5, 0.6) is 23.0 Å². The van der Waals surface area contributed by atoms with E-state index in [1.807, 2.05) is 36.4 Å². The molecular formula is C38H20F2O2. The van der Waals surface area contributed by atoms with E-state index in [-0.39, 0.29) is 11.6 Å². The summed E-state index contributed by atoms with van der Waals surface area (Å²) in [6.45, 7) is 0. The van der Waals surface area contributed by atoms with Crippen LogP contribution in [0, 0.1) is 11.6 Å². The SMILES string of the molecule is Fc1ccc(-c2ccc3c(c2)-c2c4ccccc4c4c5c(ccc(c25)O3)Oc2ccc(-c3ccc(F)cc3)cc2-4)cc1. The van der Waals surface area contributed by atoms with Crippen molar-refractivity contribution < 1.29 is 18.3 Å². The van der Waals surface area contributed by atoms with E-state index < -0.39 is 0 Å². The van der Waals surface area contributed by atoms with E-state index >= 15 is 0 Å². The molecule has 0 atom stereocenters. The van der Waals surface area contributed by atoms with Crippen molar-refractivity contribution in [3.05, 3.63) is 133 Å². The van der Waals surface area contributed by atoms with Gasteiger partial charge in [-0.05, 0) is 93.7 Å². The Hall–Kier alpha value is -5.48. The van der Waals surface area contributed by atoms with E-state index in [2.05, 4.69) is 36.4 Å². The summed E-state index contributed by atoms with van der Waals surface area (Å²) in [5, 5.41) is 4.23. The van der Waals surface area contributed by atoms with Crippen molar-refractivity contribution in [3.63, 3.8) is 0 Å². The molecule has 0 N–H and O–H groups in total. The highest BCUT2D eigenvalue weighted by Gasteiger charge is 2.31. The van der Waals surface area contributed by atoms with Crippen molar-refractivity contribution in [2.45, 2.75) is 0 Å². The molecule has 2 nitrogen and oxygen atoms in total. The van der Waals surface area contributed by atoms with E-state index in [1.165, 1.54) is 24.3 Å². The number of benzene rings is 7. The lowest BCUT2D eigenvalue weighted by Gasteiger charge is -2.29. The van der Waals surface area contributed by atoms with Crippen molar-refractivity contribution in [3.8, 4) is 67.5 Å². The molecule has 0 aliphatic carbocycles. The van der Waals surface area contributed by atoms with Gasteiger partial charge in [0.15, 0.2) is 0 Å². The Morgan fingerprint density at radius 1 is 0.381 bits per heavy atom. The Kier molecular flexibility index (Phi) is 4.71. The van der Waals surface area contributed by atoms with Gasteiger partial charge in [-0.2, -0.15) is 0 Å². The molecule has 0 fully saturated rings. The van der Waals surface area contributed by atoms with Crippen molar-refractivity contribution in [2.24, 2.45) is 0 Å². The van der Waals surface area contributed by atoms with Gasteiger partial charge >= 0.3 is 0 Å². The molecule has 0 aromatic heterocycles. The van der Waals surface area contributed by atoms with Gasteiger partial charge in [-0.1, -0.05) is 60.7 Å². The average Bonchev–Trinajstić information content (AvgIpc) is 3.03. The van der Waals surface area contributed by atoms with Crippen LogP contribution in [0.25, 0.3) is 66.1 Å². The normalized spacial score (nSPS) is 12.4. The fourth-order valence-corrected chi connectivity index (χ4v) is 6.49. The molecule has 0 bridgehead atoms. The third kappa shape index (κ3) is 3.29. The number of halogens is 2. The Morgan fingerprint density at radius 2 is 0.762 bits per heavy atom. The molecule has 9 rings (SSSR count). The van der Waals surface area contributed by atoms with Crippen LogP contribution in [-0.2, 0) is 0 Å². The molecule has 7 aromatic rings. The summed E-state index contributed by atoms with van der Waals surface area (Å²) >= 11 is 0. The fraction of sp³-hybridized carbons (Fsp3) is 0. The lowest BCUT2D eigenvalue weighted by molar-refractivity contribution is 0.476. The second kappa shape index (κ2) is 8.51. The molecular weight excluding hydrogens is 526 g/mol. The van der Waals surface area contributed by atoms with Crippen LogP contribution in [0.3, 0.4) is 0 Å². The Balaban J connectivity index is 1.36. The minimum Gasteiger partial charge on any atom is -0.456 e. The second-order valence-electron chi connectivity index (χ2n) is 10.7. The maximum atomic E-state index is 13.7. The van der Waals surface area contributed by atoms with Crippen LogP contribution in [0.2, 0.25) is 0 Å². The van der Waals surface area contributed by atoms with Crippen LogP contribution in [-0.4, -0.2) is 0 Å². The van der Waals surface area contributed by atoms with Gasteiger partial charge in [0.25, 0.3) is 0 Å². The number of hydrogen-bond donors (Lipinski definition) is 0. The molecule has 198 valence electrons. The predicted molar refractivity (Wildman–Crippen MR) is 163 cm³/mol. The van der Waals surface area contributed by atoms with Gasteiger partial charge in [0, 0.05) is 33.0 Å². The summed E-state index contributed by atoms with van der Waals surface area (Å²) in [5.41, 5.74) is 7.98. The fourth-order valence-electron chi connectivity index (χ4n) is 6.49. The Bertz CT molecular complexity index is 2090. The Labute approximate surface area is 240 Å². The van der Waals surface area contributed by atoms with Gasteiger partial charge in [-0.3, -0.25) is 0 Å².